The first-order valence-corrected chi connectivity index (χ1v) is 11.0. The molecule has 3 N–H and O–H groups in total. The van der Waals surface area contributed by atoms with Crippen LogP contribution in [-0.4, -0.2) is 49.9 Å². The van der Waals surface area contributed by atoms with Gasteiger partial charge in [-0.1, -0.05) is 12.1 Å². The number of nitrogens with zero attached hydrogens (tertiary/aromatic N) is 1. The van der Waals surface area contributed by atoms with Gasteiger partial charge in [0.2, 0.25) is 0 Å². The fourth-order valence-corrected chi connectivity index (χ4v) is 4.12. The van der Waals surface area contributed by atoms with Gasteiger partial charge in [-0.3, -0.25) is 0 Å². The van der Waals surface area contributed by atoms with Gasteiger partial charge in [0.15, 0.2) is 5.11 Å². The van der Waals surface area contributed by atoms with Crippen LogP contribution in [0.1, 0.15) is 25.5 Å². The van der Waals surface area contributed by atoms with Crippen LogP contribution in [0.4, 0.5) is 16.2 Å². The summed E-state index contributed by atoms with van der Waals surface area (Å²) in [5, 5.41) is 9.30. The van der Waals surface area contributed by atoms with E-state index in [1.54, 1.807) is 37.4 Å². The fraction of sp³-hybridized carbons (Fsp3) is 0.292. The maximum absolute atomic E-state index is 12.5. The zero-order valence-corrected chi connectivity index (χ0v) is 20.5. The third-order valence-corrected chi connectivity index (χ3v) is 5.81. The predicted molar refractivity (Wildman–Crippen MR) is 134 cm³/mol. The fourth-order valence-electron chi connectivity index (χ4n) is 3.73. The van der Waals surface area contributed by atoms with Crippen LogP contribution in [0.3, 0.4) is 0 Å². The minimum atomic E-state index is -0.464. The van der Waals surface area contributed by atoms with Gasteiger partial charge < -0.3 is 35.1 Å². The molecule has 2 amide bonds. The summed E-state index contributed by atoms with van der Waals surface area (Å²) >= 11 is 5.48. The van der Waals surface area contributed by atoms with Gasteiger partial charge in [0.05, 0.1) is 38.6 Å². The Morgan fingerprint density at radius 1 is 1.06 bits per heavy atom. The lowest BCUT2D eigenvalue weighted by atomic mass is 9.95. The molecule has 0 saturated carbocycles. The van der Waals surface area contributed by atoms with Gasteiger partial charge >= 0.3 is 12.0 Å². The number of methoxy groups -OCH3 is 3. The van der Waals surface area contributed by atoms with Crippen molar-refractivity contribution >= 4 is 40.7 Å². The smallest absolute Gasteiger partial charge is 0.337 e. The van der Waals surface area contributed by atoms with E-state index >= 15 is 0 Å². The van der Waals surface area contributed by atoms with Gasteiger partial charge in [-0.2, -0.15) is 0 Å². The molecule has 1 aliphatic heterocycles. The molecule has 0 radical (unpaired) electrons. The van der Waals surface area contributed by atoms with Crippen LogP contribution in [-0.2, 0) is 9.53 Å². The highest BCUT2D eigenvalue weighted by Crippen LogP contribution is 2.32. The van der Waals surface area contributed by atoms with Crippen LogP contribution in [0, 0.1) is 0 Å². The summed E-state index contributed by atoms with van der Waals surface area (Å²) in [6.45, 7) is 4.44. The summed E-state index contributed by atoms with van der Waals surface area (Å²) in [5.41, 5.74) is 3.12. The van der Waals surface area contributed by atoms with E-state index in [-0.39, 0.29) is 0 Å². The van der Waals surface area contributed by atoms with E-state index < -0.39 is 18.0 Å². The van der Waals surface area contributed by atoms with E-state index in [0.717, 1.165) is 11.3 Å². The number of urea groups is 1. The lowest BCUT2D eigenvalue weighted by molar-refractivity contribution is -0.136. The number of carbonyl (C=O) groups is 2. The minimum absolute atomic E-state index is 0.425. The van der Waals surface area contributed by atoms with Crippen molar-refractivity contribution in [1.82, 2.24) is 10.2 Å². The highest BCUT2D eigenvalue weighted by Gasteiger charge is 2.33. The highest BCUT2D eigenvalue weighted by atomic mass is 32.1. The zero-order chi connectivity index (χ0) is 24.8. The predicted octanol–water partition coefficient (Wildman–Crippen LogP) is 4.05. The van der Waals surface area contributed by atoms with Crippen molar-refractivity contribution in [2.75, 3.05) is 38.5 Å². The normalized spacial score (nSPS) is 15.4. The Balaban J connectivity index is 1.77. The Morgan fingerprint density at radius 2 is 1.76 bits per heavy atom. The van der Waals surface area contributed by atoms with Gasteiger partial charge in [0, 0.05) is 24.0 Å². The quantitative estimate of drug-likeness (QED) is 0.400. The summed E-state index contributed by atoms with van der Waals surface area (Å²) in [4.78, 5) is 26.9. The lowest BCUT2D eigenvalue weighted by Gasteiger charge is -2.36. The Morgan fingerprint density at radius 3 is 2.35 bits per heavy atom. The van der Waals surface area contributed by atoms with Gasteiger partial charge in [-0.25, -0.2) is 9.59 Å². The number of esters is 1. The number of carbonyl (C=O) groups excluding carboxylic acids is 2. The maximum atomic E-state index is 12.5. The lowest BCUT2D eigenvalue weighted by Crippen LogP contribution is -2.47. The molecule has 1 heterocycles. The third kappa shape index (κ3) is 5.23. The number of hydrogen-bond donors (Lipinski definition) is 3. The van der Waals surface area contributed by atoms with Gasteiger partial charge in [-0.05, 0) is 55.9 Å². The van der Waals surface area contributed by atoms with Crippen molar-refractivity contribution in [3.63, 3.8) is 0 Å². The van der Waals surface area contributed by atoms with Crippen LogP contribution in [0.25, 0.3) is 0 Å². The monoisotopic (exact) mass is 484 g/mol. The van der Waals surface area contributed by atoms with Crippen molar-refractivity contribution in [2.45, 2.75) is 19.9 Å². The molecule has 3 rings (SSSR count). The molecule has 10 heteroatoms. The van der Waals surface area contributed by atoms with E-state index in [2.05, 4.69) is 16.0 Å². The molecule has 9 nitrogen and oxygen atoms in total. The molecule has 1 atom stereocenters. The van der Waals surface area contributed by atoms with Crippen LogP contribution in [0.15, 0.2) is 53.7 Å². The topological polar surface area (TPSA) is 101 Å². The Labute approximate surface area is 204 Å². The van der Waals surface area contributed by atoms with E-state index in [4.69, 9.17) is 26.4 Å². The molecule has 180 valence electrons. The maximum Gasteiger partial charge on any atom is 0.337 e. The first-order chi connectivity index (χ1) is 16.3. The number of thiocarbonyl (C=S) groups is 1. The molecule has 1 aliphatic rings. The van der Waals surface area contributed by atoms with Crippen LogP contribution in [0.5, 0.6) is 11.5 Å². The summed E-state index contributed by atoms with van der Waals surface area (Å²) in [5.74, 6) is 0.667. The van der Waals surface area contributed by atoms with Gasteiger partial charge in [0.25, 0.3) is 0 Å². The second-order valence-electron chi connectivity index (χ2n) is 7.38. The van der Waals surface area contributed by atoms with Crippen molar-refractivity contribution in [3.8, 4) is 11.5 Å². The number of ether oxygens (including phenoxy) is 3. The molecule has 0 fully saturated rings. The van der Waals surface area contributed by atoms with E-state index in [0.29, 0.717) is 40.1 Å². The standard InChI is InChI=1S/C24H28N4O5S/c1-6-28-14(2)20(22(29)33-5)21(27-24(28)34)15-7-9-16(10-8-15)25-23(30)26-18-12-11-17(31-3)13-19(18)32-4/h7-13,21H,6H2,1-5H3,(H,27,34)(H2,25,26,30). The van der Waals surface area contributed by atoms with Crippen molar-refractivity contribution in [2.24, 2.45) is 0 Å². The molecule has 0 saturated heterocycles. The summed E-state index contributed by atoms with van der Waals surface area (Å²) in [7, 11) is 4.42. The Hall–Kier alpha value is -3.79. The van der Waals surface area contributed by atoms with Gasteiger partial charge in [0.1, 0.15) is 11.5 Å². The highest BCUT2D eigenvalue weighted by molar-refractivity contribution is 7.80. The molecule has 1 unspecified atom stereocenters. The number of amides is 2. The van der Waals surface area contributed by atoms with Crippen molar-refractivity contribution in [1.29, 1.82) is 0 Å². The Bertz CT molecular complexity index is 1120. The molecule has 2 aromatic carbocycles. The average molecular weight is 485 g/mol. The number of benzene rings is 2. The number of allylic oxidation sites excluding steroid dienone is 1. The summed E-state index contributed by atoms with van der Waals surface area (Å²) in [6.07, 6.45) is 0. The van der Waals surface area contributed by atoms with E-state index in [9.17, 15) is 9.59 Å². The first-order valence-electron chi connectivity index (χ1n) is 10.6. The largest absolute Gasteiger partial charge is 0.497 e. The van der Waals surface area contributed by atoms with Crippen LogP contribution < -0.4 is 25.4 Å². The molecule has 34 heavy (non-hydrogen) atoms. The van der Waals surface area contributed by atoms with E-state index in [1.165, 1.54) is 14.2 Å². The number of nitrogens with one attached hydrogen (secondary N) is 3. The minimum Gasteiger partial charge on any atom is -0.497 e. The number of rotatable bonds is 7. The molecular weight excluding hydrogens is 456 g/mol. The molecule has 2 aromatic rings. The van der Waals surface area contributed by atoms with Crippen molar-refractivity contribution in [3.05, 3.63) is 59.3 Å². The van der Waals surface area contributed by atoms with E-state index in [1.807, 2.05) is 30.9 Å². The Kier molecular flexibility index (Phi) is 7.95. The van der Waals surface area contributed by atoms with Gasteiger partial charge in [-0.15, -0.1) is 0 Å². The molecular formula is C24H28N4O5S. The van der Waals surface area contributed by atoms with Crippen LogP contribution in [0.2, 0.25) is 0 Å². The first kappa shape index (κ1) is 24.8. The summed E-state index contributed by atoms with van der Waals surface area (Å²) < 4.78 is 15.5. The average Bonchev–Trinajstić information content (AvgIpc) is 2.84. The number of hydrogen-bond acceptors (Lipinski definition) is 6. The molecule has 0 spiro atoms. The molecule has 0 aliphatic carbocycles. The molecule has 0 aromatic heterocycles. The van der Waals surface area contributed by atoms with Crippen molar-refractivity contribution < 1.29 is 23.8 Å². The van der Waals surface area contributed by atoms with Crippen LogP contribution >= 0.6 is 12.2 Å². The second-order valence-corrected chi connectivity index (χ2v) is 7.77. The SMILES string of the molecule is CCN1C(=S)NC(c2ccc(NC(=O)Nc3ccc(OC)cc3OC)cc2)C(C(=O)OC)=C1C. The zero-order valence-electron chi connectivity index (χ0n) is 19.7. The second kappa shape index (κ2) is 10.9. The third-order valence-electron chi connectivity index (χ3n) is 5.48. The molecule has 0 bridgehead atoms. The number of anilines is 2. The summed E-state index contributed by atoms with van der Waals surface area (Å²) in [6, 6.07) is 11.3.